The molecule has 0 bridgehead atoms. The molecule has 1 saturated heterocycles. The van der Waals surface area contributed by atoms with Crippen molar-refractivity contribution in [3.8, 4) is 11.1 Å². The Balaban J connectivity index is 1.57. The molecule has 178 valence electrons. The number of aromatic nitrogens is 2. The highest BCUT2D eigenvalue weighted by Crippen LogP contribution is 2.32. The summed E-state index contributed by atoms with van der Waals surface area (Å²) in [7, 11) is 0. The molecule has 0 aliphatic carbocycles. The predicted molar refractivity (Wildman–Crippen MR) is 125 cm³/mol. The second-order valence-corrected chi connectivity index (χ2v) is 9.05. The van der Waals surface area contributed by atoms with Gasteiger partial charge in [0, 0.05) is 48.0 Å². The largest absolute Gasteiger partial charge is 0.417 e. The number of pyridine rings is 2. The number of rotatable bonds is 5. The van der Waals surface area contributed by atoms with Crippen molar-refractivity contribution in [3.05, 3.63) is 83.4 Å². The Labute approximate surface area is 197 Å². The topological polar surface area (TPSA) is 46.1 Å². The first-order valence-corrected chi connectivity index (χ1v) is 11.6. The van der Waals surface area contributed by atoms with Gasteiger partial charge in [-0.05, 0) is 68.4 Å². The molecular weight excluding hydrogens is 439 g/mol. The van der Waals surface area contributed by atoms with Crippen LogP contribution in [-0.2, 0) is 12.6 Å². The van der Waals surface area contributed by atoms with E-state index < -0.39 is 11.7 Å². The van der Waals surface area contributed by atoms with E-state index in [1.807, 2.05) is 42.2 Å². The Bertz CT molecular complexity index is 1130. The van der Waals surface area contributed by atoms with Gasteiger partial charge in [-0.25, -0.2) is 0 Å². The number of amides is 1. The van der Waals surface area contributed by atoms with Crippen molar-refractivity contribution in [3.63, 3.8) is 0 Å². The number of aryl methyl sites for hydroxylation is 2. The van der Waals surface area contributed by atoms with E-state index in [1.54, 1.807) is 12.4 Å². The molecule has 3 aromatic rings. The van der Waals surface area contributed by atoms with E-state index in [9.17, 15) is 18.0 Å². The van der Waals surface area contributed by atoms with Crippen LogP contribution in [0.3, 0.4) is 0 Å². The zero-order chi connectivity index (χ0) is 24.3. The van der Waals surface area contributed by atoms with Gasteiger partial charge in [-0.1, -0.05) is 30.7 Å². The van der Waals surface area contributed by atoms with E-state index in [0.29, 0.717) is 36.6 Å². The van der Waals surface area contributed by atoms with Gasteiger partial charge in [0.15, 0.2) is 0 Å². The van der Waals surface area contributed by atoms with Crippen LogP contribution in [0.2, 0.25) is 0 Å². The van der Waals surface area contributed by atoms with Crippen molar-refractivity contribution in [1.29, 1.82) is 0 Å². The fourth-order valence-corrected chi connectivity index (χ4v) is 4.74. The van der Waals surface area contributed by atoms with Crippen LogP contribution >= 0.6 is 0 Å². The number of carbonyl (C=O) groups excluding carboxylic acids is 1. The summed E-state index contributed by atoms with van der Waals surface area (Å²) in [6.07, 6.45) is 3.06. The highest BCUT2D eigenvalue weighted by atomic mass is 19.4. The summed E-state index contributed by atoms with van der Waals surface area (Å²) in [5.74, 6) is 0.276. The van der Waals surface area contributed by atoms with Gasteiger partial charge in [0.05, 0.1) is 5.56 Å². The predicted octanol–water partition coefficient (Wildman–Crippen LogP) is 6.34. The summed E-state index contributed by atoms with van der Waals surface area (Å²) in [5.41, 5.74) is 3.25. The van der Waals surface area contributed by atoms with Crippen LogP contribution in [-0.4, -0.2) is 33.4 Å². The lowest BCUT2D eigenvalue weighted by molar-refractivity contribution is -0.137. The van der Waals surface area contributed by atoms with Crippen molar-refractivity contribution in [2.45, 2.75) is 51.7 Å². The molecule has 0 N–H and O–H groups in total. The molecule has 2 atom stereocenters. The van der Waals surface area contributed by atoms with Crippen molar-refractivity contribution < 1.29 is 18.0 Å². The minimum absolute atomic E-state index is 0.00685. The summed E-state index contributed by atoms with van der Waals surface area (Å²) in [4.78, 5) is 24.0. The minimum atomic E-state index is -4.40. The summed E-state index contributed by atoms with van der Waals surface area (Å²) in [6.45, 7) is 4.77. The second-order valence-electron chi connectivity index (χ2n) is 9.05. The average Bonchev–Trinajstić information content (AvgIpc) is 2.83. The number of piperidine rings is 1. The quantitative estimate of drug-likeness (QED) is 0.440. The van der Waals surface area contributed by atoms with Crippen molar-refractivity contribution >= 4 is 5.91 Å². The maximum Gasteiger partial charge on any atom is 0.417 e. The first kappa shape index (κ1) is 23.9. The third-order valence-corrected chi connectivity index (χ3v) is 6.60. The lowest BCUT2D eigenvalue weighted by Crippen LogP contribution is -2.48. The van der Waals surface area contributed by atoms with Crippen molar-refractivity contribution in [2.24, 2.45) is 5.92 Å². The molecule has 0 unspecified atom stereocenters. The monoisotopic (exact) mass is 467 g/mol. The van der Waals surface area contributed by atoms with Gasteiger partial charge in [0.1, 0.15) is 0 Å². The molecule has 4 nitrogen and oxygen atoms in total. The van der Waals surface area contributed by atoms with E-state index in [4.69, 9.17) is 0 Å². The van der Waals surface area contributed by atoms with E-state index in [0.717, 1.165) is 41.8 Å². The fraction of sp³-hybridized carbons (Fsp3) is 0.370. The van der Waals surface area contributed by atoms with Crippen LogP contribution in [0, 0.1) is 12.8 Å². The van der Waals surface area contributed by atoms with Gasteiger partial charge in [-0.2, -0.15) is 13.2 Å². The van der Waals surface area contributed by atoms with Gasteiger partial charge in [0.2, 0.25) is 0 Å². The molecule has 1 aliphatic heterocycles. The Hall–Kier alpha value is -3.22. The first-order valence-electron chi connectivity index (χ1n) is 11.6. The van der Waals surface area contributed by atoms with E-state index >= 15 is 0 Å². The Kier molecular flexibility index (Phi) is 7.00. The van der Waals surface area contributed by atoms with Crippen molar-refractivity contribution in [1.82, 2.24) is 14.9 Å². The van der Waals surface area contributed by atoms with Crippen LogP contribution < -0.4 is 0 Å². The number of nitrogens with zero attached hydrogens (tertiary/aromatic N) is 3. The lowest BCUT2D eigenvalue weighted by Gasteiger charge is -2.40. The third kappa shape index (κ3) is 5.29. The zero-order valence-electron chi connectivity index (χ0n) is 19.3. The molecule has 2 aromatic heterocycles. The summed E-state index contributed by atoms with van der Waals surface area (Å²) >= 11 is 0. The van der Waals surface area contributed by atoms with E-state index in [-0.39, 0.29) is 11.9 Å². The molecular formula is C27H28F3N3O. The molecule has 7 heteroatoms. The lowest BCUT2D eigenvalue weighted by atomic mass is 9.86. The molecule has 4 rings (SSSR count). The third-order valence-electron chi connectivity index (χ3n) is 6.60. The number of hydrogen-bond acceptors (Lipinski definition) is 3. The molecule has 34 heavy (non-hydrogen) atoms. The molecule has 1 aromatic carbocycles. The fourth-order valence-electron chi connectivity index (χ4n) is 4.74. The second kappa shape index (κ2) is 9.95. The van der Waals surface area contributed by atoms with Crippen LogP contribution in [0.15, 0.2) is 61.1 Å². The summed E-state index contributed by atoms with van der Waals surface area (Å²) < 4.78 is 38.5. The van der Waals surface area contributed by atoms with Gasteiger partial charge in [-0.15, -0.1) is 0 Å². The Morgan fingerprint density at radius 3 is 2.65 bits per heavy atom. The molecule has 3 heterocycles. The number of likely N-dealkylation sites (tertiary alicyclic amines) is 1. The SMILES string of the molecule is Cc1ccc(-c2cccnc2)c(C(=O)N2CCC[C@@H](C)[C@H]2CCc2ccc(C(F)(F)F)cn2)c1. The molecule has 1 amide bonds. The molecule has 0 spiro atoms. The summed E-state index contributed by atoms with van der Waals surface area (Å²) in [6, 6.07) is 12.2. The number of benzene rings is 1. The van der Waals surface area contributed by atoms with Crippen LogP contribution in [0.25, 0.3) is 11.1 Å². The van der Waals surface area contributed by atoms with Gasteiger partial charge < -0.3 is 4.90 Å². The van der Waals surface area contributed by atoms with Crippen LogP contribution in [0.4, 0.5) is 13.2 Å². The van der Waals surface area contributed by atoms with Gasteiger partial charge >= 0.3 is 6.18 Å². The molecule has 1 fully saturated rings. The highest BCUT2D eigenvalue weighted by molar-refractivity contribution is 6.01. The minimum Gasteiger partial charge on any atom is -0.335 e. The highest BCUT2D eigenvalue weighted by Gasteiger charge is 2.34. The van der Waals surface area contributed by atoms with E-state index in [2.05, 4.69) is 16.9 Å². The Morgan fingerprint density at radius 1 is 1.15 bits per heavy atom. The normalized spacial score (nSPS) is 18.7. The van der Waals surface area contributed by atoms with Crippen molar-refractivity contribution in [2.75, 3.05) is 6.54 Å². The smallest absolute Gasteiger partial charge is 0.335 e. The standard InChI is InChI=1S/C27H28F3N3O/c1-18-7-11-23(20-6-3-13-31-16-20)24(15-18)26(34)33-14-4-5-19(2)25(33)12-10-22-9-8-21(17-32-22)27(28,29)30/h3,6-9,11,13,15-17,19,25H,4-5,10,12,14H2,1-2H3/t19-,25-/m1/s1. The number of alkyl halides is 3. The van der Waals surface area contributed by atoms with Crippen LogP contribution in [0.1, 0.15) is 53.4 Å². The summed E-state index contributed by atoms with van der Waals surface area (Å²) in [5, 5.41) is 0. The maximum absolute atomic E-state index is 13.8. The first-order chi connectivity index (χ1) is 16.2. The van der Waals surface area contributed by atoms with Gasteiger partial charge in [-0.3, -0.25) is 14.8 Å². The number of hydrogen-bond donors (Lipinski definition) is 0. The number of halogens is 3. The number of carbonyl (C=O) groups is 1. The molecule has 1 aliphatic rings. The maximum atomic E-state index is 13.8. The Morgan fingerprint density at radius 2 is 1.97 bits per heavy atom. The van der Waals surface area contributed by atoms with Gasteiger partial charge in [0.25, 0.3) is 5.91 Å². The molecule has 0 radical (unpaired) electrons. The zero-order valence-corrected chi connectivity index (χ0v) is 19.3. The van der Waals surface area contributed by atoms with E-state index in [1.165, 1.54) is 6.07 Å². The van der Waals surface area contributed by atoms with Crippen LogP contribution in [0.5, 0.6) is 0 Å². The molecule has 0 saturated carbocycles. The average molecular weight is 468 g/mol.